The number of benzene rings is 2. The van der Waals surface area contributed by atoms with E-state index in [0.29, 0.717) is 25.3 Å². The maximum Gasteiger partial charge on any atom is 0.268 e. The fraction of sp³-hybridized carbons (Fsp3) is 0.318. The Kier molecular flexibility index (Phi) is 6.00. The lowest BCUT2D eigenvalue weighted by molar-refractivity contribution is -0.196. The molecule has 0 radical (unpaired) electrons. The summed E-state index contributed by atoms with van der Waals surface area (Å²) in [7, 11) is -4.52. The molecule has 0 bridgehead atoms. The van der Waals surface area contributed by atoms with E-state index in [0.717, 1.165) is 42.0 Å². The quantitative estimate of drug-likeness (QED) is 0.478. The van der Waals surface area contributed by atoms with Gasteiger partial charge in [0, 0.05) is 36.3 Å². The summed E-state index contributed by atoms with van der Waals surface area (Å²) in [6.07, 6.45) is 1.04. The molecule has 2 aliphatic rings. The van der Waals surface area contributed by atoms with Gasteiger partial charge in [0.25, 0.3) is 10.0 Å². The van der Waals surface area contributed by atoms with Crippen molar-refractivity contribution in [2.75, 3.05) is 29.8 Å². The number of halogens is 3. The summed E-state index contributed by atoms with van der Waals surface area (Å²) in [4.78, 5) is 4.90. The zero-order valence-electron chi connectivity index (χ0n) is 17.9. The number of thiazole rings is 1. The van der Waals surface area contributed by atoms with Crippen LogP contribution >= 0.6 is 11.3 Å². The minimum absolute atomic E-state index is 0.00961. The maximum absolute atomic E-state index is 14.7. The van der Waals surface area contributed by atoms with Crippen LogP contribution in [0.25, 0.3) is 0 Å². The van der Waals surface area contributed by atoms with Gasteiger partial charge in [0.1, 0.15) is 17.5 Å². The summed E-state index contributed by atoms with van der Waals surface area (Å²) in [5.41, 5.74) is 2.57. The third-order valence-corrected chi connectivity index (χ3v) is 8.24. The van der Waals surface area contributed by atoms with Crippen LogP contribution in [0.5, 0.6) is 0 Å². The van der Waals surface area contributed by atoms with Crippen molar-refractivity contribution in [3.8, 4) is 0 Å². The van der Waals surface area contributed by atoms with Crippen LogP contribution in [0.2, 0.25) is 0 Å². The molecule has 3 aromatic rings. The van der Waals surface area contributed by atoms with Crippen LogP contribution in [0.1, 0.15) is 17.5 Å². The average molecular weight is 511 g/mol. The second-order valence-corrected chi connectivity index (χ2v) is 10.7. The monoisotopic (exact) mass is 510 g/mol. The minimum atomic E-state index is -4.52. The molecule has 2 N–H and O–H groups in total. The molecule has 1 spiro atoms. The lowest BCUT2D eigenvalue weighted by atomic mass is 9.82. The topological polar surface area (TPSA) is 83.6 Å². The van der Waals surface area contributed by atoms with Crippen molar-refractivity contribution in [1.29, 1.82) is 0 Å². The summed E-state index contributed by atoms with van der Waals surface area (Å²) in [6.45, 7) is 2.75. The predicted molar refractivity (Wildman–Crippen MR) is 122 cm³/mol. The molecule has 2 fully saturated rings. The maximum atomic E-state index is 14.7. The van der Waals surface area contributed by atoms with Crippen LogP contribution < -0.4 is 10.0 Å². The molecular weight excluding hydrogens is 489 g/mol. The van der Waals surface area contributed by atoms with E-state index in [4.69, 9.17) is 4.74 Å². The third-order valence-electron chi connectivity index (χ3n) is 6.24. The highest BCUT2D eigenvalue weighted by atomic mass is 32.2. The molecule has 0 atom stereocenters. The Morgan fingerprint density at radius 1 is 1.15 bits per heavy atom. The fourth-order valence-corrected chi connectivity index (χ4v) is 5.89. The Morgan fingerprint density at radius 3 is 2.50 bits per heavy atom. The van der Waals surface area contributed by atoms with Gasteiger partial charge in [-0.05, 0) is 30.2 Å². The van der Waals surface area contributed by atoms with Crippen molar-refractivity contribution >= 4 is 32.9 Å². The highest BCUT2D eigenvalue weighted by Gasteiger charge is 2.50. The number of anilines is 2. The number of rotatable bonds is 8. The van der Waals surface area contributed by atoms with Gasteiger partial charge in [0.05, 0.1) is 24.3 Å². The van der Waals surface area contributed by atoms with E-state index in [1.165, 1.54) is 17.0 Å². The molecule has 0 amide bonds. The summed E-state index contributed by atoms with van der Waals surface area (Å²) in [6, 6.07) is 6.53. The standard InChI is InChI=1S/C22H21F3N4O3S2/c23-17-3-1-2-14(9-29-5-4-22(29)11-32-12-22)16(17)8-26-15-6-18(24)21(19(25)7-15)34(30,31)28-20-10-33-13-27-20/h1-3,6-7,10,13,26,28H,4-5,8-9,11-12H2. The summed E-state index contributed by atoms with van der Waals surface area (Å²) >= 11 is 1.13. The van der Waals surface area contributed by atoms with Gasteiger partial charge >= 0.3 is 0 Å². The number of nitrogens with zero attached hydrogens (tertiary/aromatic N) is 2. The van der Waals surface area contributed by atoms with E-state index in [9.17, 15) is 21.6 Å². The molecule has 34 heavy (non-hydrogen) atoms. The van der Waals surface area contributed by atoms with Gasteiger partial charge in [-0.2, -0.15) is 0 Å². The van der Waals surface area contributed by atoms with Gasteiger partial charge in [0.15, 0.2) is 10.7 Å². The zero-order valence-corrected chi connectivity index (χ0v) is 19.5. The van der Waals surface area contributed by atoms with Crippen LogP contribution in [0.15, 0.2) is 46.1 Å². The van der Waals surface area contributed by atoms with Gasteiger partial charge < -0.3 is 10.1 Å². The van der Waals surface area contributed by atoms with Crippen molar-refractivity contribution in [1.82, 2.24) is 9.88 Å². The third kappa shape index (κ3) is 4.26. The fourth-order valence-electron chi connectivity index (χ4n) is 4.21. The van der Waals surface area contributed by atoms with Crippen LogP contribution in [0.4, 0.5) is 24.7 Å². The van der Waals surface area contributed by atoms with Gasteiger partial charge in [-0.3, -0.25) is 9.62 Å². The molecule has 12 heteroatoms. The molecule has 0 saturated carbocycles. The van der Waals surface area contributed by atoms with Crippen molar-refractivity contribution < 1.29 is 26.3 Å². The number of ether oxygens (including phenoxy) is 1. The average Bonchev–Trinajstić information content (AvgIpc) is 3.21. The predicted octanol–water partition coefficient (Wildman–Crippen LogP) is 3.95. The van der Waals surface area contributed by atoms with E-state index >= 15 is 0 Å². The van der Waals surface area contributed by atoms with E-state index in [1.54, 1.807) is 6.07 Å². The Morgan fingerprint density at radius 2 is 1.91 bits per heavy atom. The Balaban J connectivity index is 1.33. The highest BCUT2D eigenvalue weighted by molar-refractivity contribution is 7.92. The van der Waals surface area contributed by atoms with Crippen LogP contribution in [-0.2, 0) is 27.8 Å². The van der Waals surface area contributed by atoms with E-state index in [1.807, 2.05) is 10.8 Å². The van der Waals surface area contributed by atoms with Crippen LogP contribution in [-0.4, -0.2) is 43.6 Å². The number of nitrogens with one attached hydrogen (secondary N) is 2. The molecule has 2 saturated heterocycles. The van der Waals surface area contributed by atoms with Crippen molar-refractivity contribution in [2.45, 2.75) is 29.9 Å². The molecule has 180 valence electrons. The molecule has 7 nitrogen and oxygen atoms in total. The van der Waals surface area contributed by atoms with Crippen molar-refractivity contribution in [2.24, 2.45) is 0 Å². The minimum Gasteiger partial charge on any atom is -0.381 e. The number of likely N-dealkylation sites (tertiary alicyclic amines) is 1. The van der Waals surface area contributed by atoms with Crippen molar-refractivity contribution in [3.63, 3.8) is 0 Å². The molecule has 0 aliphatic carbocycles. The molecule has 5 rings (SSSR count). The number of aromatic nitrogens is 1. The lowest BCUT2D eigenvalue weighted by Gasteiger charge is -2.58. The second-order valence-electron chi connectivity index (χ2n) is 8.37. The summed E-state index contributed by atoms with van der Waals surface area (Å²) in [5.74, 6) is -3.01. The first-order valence-corrected chi connectivity index (χ1v) is 12.9. The summed E-state index contributed by atoms with van der Waals surface area (Å²) in [5, 5.41) is 4.22. The normalized spacial score (nSPS) is 17.3. The zero-order chi connectivity index (χ0) is 23.9. The first-order chi connectivity index (χ1) is 16.3. The molecule has 0 unspecified atom stereocenters. The first kappa shape index (κ1) is 23.1. The molecule has 2 aliphatic heterocycles. The van der Waals surface area contributed by atoms with Crippen LogP contribution in [0.3, 0.4) is 0 Å². The molecular formula is C22H21F3N4O3S2. The van der Waals surface area contributed by atoms with E-state index in [-0.39, 0.29) is 23.6 Å². The van der Waals surface area contributed by atoms with Gasteiger partial charge in [-0.15, -0.1) is 11.3 Å². The van der Waals surface area contributed by atoms with Crippen LogP contribution in [0, 0.1) is 17.5 Å². The summed E-state index contributed by atoms with van der Waals surface area (Å²) < 4.78 is 76.2. The van der Waals surface area contributed by atoms with E-state index < -0.39 is 32.4 Å². The molecule has 3 heterocycles. The number of hydrogen-bond donors (Lipinski definition) is 2. The van der Waals surface area contributed by atoms with Gasteiger partial charge in [0.2, 0.25) is 0 Å². The lowest BCUT2D eigenvalue weighted by Crippen LogP contribution is -2.70. The smallest absolute Gasteiger partial charge is 0.268 e. The first-order valence-electron chi connectivity index (χ1n) is 10.5. The van der Waals surface area contributed by atoms with E-state index in [2.05, 4.69) is 15.2 Å². The SMILES string of the molecule is O=S(=O)(Nc1cscn1)c1c(F)cc(NCc2c(F)cccc2CN2CCC23COC3)cc1F. The van der Waals surface area contributed by atoms with Crippen molar-refractivity contribution in [3.05, 3.63) is 69.8 Å². The second kappa shape index (κ2) is 8.84. The Labute approximate surface area is 198 Å². The number of sulfonamides is 1. The van der Waals surface area contributed by atoms with Gasteiger partial charge in [-0.1, -0.05) is 12.1 Å². The largest absolute Gasteiger partial charge is 0.381 e. The molecule has 2 aromatic carbocycles. The highest BCUT2D eigenvalue weighted by Crippen LogP contribution is 2.39. The Hall–Kier alpha value is -2.67. The van der Waals surface area contributed by atoms with Gasteiger partial charge in [-0.25, -0.2) is 26.6 Å². The number of hydrogen-bond acceptors (Lipinski definition) is 7. The Bertz CT molecular complexity index is 1290. The molecule has 1 aromatic heterocycles.